The first-order chi connectivity index (χ1) is 9.88. The first-order valence-corrected chi connectivity index (χ1v) is 12.3. The lowest BCUT2D eigenvalue weighted by atomic mass is 10.3. The van der Waals surface area contributed by atoms with Gasteiger partial charge < -0.3 is 36.3 Å². The zero-order valence-electron chi connectivity index (χ0n) is 14.1. The summed E-state index contributed by atoms with van der Waals surface area (Å²) in [5.74, 6) is 1.10. The molecule has 0 saturated carbocycles. The number of rotatable bonds is 9. The lowest BCUT2D eigenvalue weighted by Gasteiger charge is -2.19. The molecule has 22 heavy (non-hydrogen) atoms. The fourth-order valence-corrected chi connectivity index (χ4v) is 4.66. The van der Waals surface area contributed by atoms with E-state index in [4.69, 9.17) is 14.2 Å². The van der Waals surface area contributed by atoms with Crippen molar-refractivity contribution in [1.29, 1.82) is 0 Å². The minimum atomic E-state index is -1.25. The van der Waals surface area contributed by atoms with Crippen LogP contribution in [-0.2, 0) is 9.47 Å². The van der Waals surface area contributed by atoms with Crippen LogP contribution in [0.3, 0.4) is 0 Å². The highest BCUT2D eigenvalue weighted by Crippen LogP contribution is 2.48. The van der Waals surface area contributed by atoms with Gasteiger partial charge in [-0.1, -0.05) is 0 Å². The molecule has 0 aromatic heterocycles. The minimum absolute atomic E-state index is 0. The zero-order valence-corrected chi connectivity index (χ0v) is 18.0. The van der Waals surface area contributed by atoms with Crippen molar-refractivity contribution in [3.63, 3.8) is 0 Å². The third kappa shape index (κ3) is 7.42. The van der Waals surface area contributed by atoms with Crippen molar-refractivity contribution in [2.24, 2.45) is 0 Å². The van der Waals surface area contributed by atoms with Crippen molar-refractivity contribution in [2.45, 2.75) is 19.8 Å². The molecular weight excluding hydrogens is 383 g/mol. The van der Waals surface area contributed by atoms with Gasteiger partial charge in [-0.25, -0.2) is 0 Å². The maximum absolute atomic E-state index is 9.69. The molecular formula is C15H28BrO4PSi. The molecule has 0 unspecified atom stereocenters. The van der Waals surface area contributed by atoms with Gasteiger partial charge in [0.15, 0.2) is 5.75 Å². The molecule has 1 N–H and O–H groups in total. The molecule has 0 aliphatic carbocycles. The van der Waals surface area contributed by atoms with E-state index < -0.39 is 16.8 Å². The molecule has 0 aliphatic rings. The molecule has 0 saturated heterocycles. The summed E-state index contributed by atoms with van der Waals surface area (Å²) in [4.78, 5) is 0. The largest absolute Gasteiger partial charge is 1.00 e. The normalized spacial score (nSPS) is 11.9. The SMILES string of the molecule is CCOC(OCC)[SiH2]COc1ccc(O)cc1[P+](C)(C)C.[Br-]. The number of hydrogen-bond acceptors (Lipinski definition) is 4. The molecule has 0 fully saturated rings. The Morgan fingerprint density at radius 1 is 1.14 bits per heavy atom. The summed E-state index contributed by atoms with van der Waals surface area (Å²) in [5, 5.41) is 10.8. The van der Waals surface area contributed by atoms with Crippen LogP contribution in [0.25, 0.3) is 0 Å². The van der Waals surface area contributed by atoms with Crippen molar-refractivity contribution in [2.75, 3.05) is 39.4 Å². The van der Waals surface area contributed by atoms with E-state index in [-0.39, 0.29) is 22.9 Å². The van der Waals surface area contributed by atoms with Crippen LogP contribution in [-0.4, -0.2) is 60.0 Å². The standard InChI is InChI=1S/C15H27O4PSi.BrH/c1-6-17-15(18-7-2)21-11-19-13-9-8-12(16)10-14(13)20(3,4)5;/h8-10,15H,6-7,11,21H2,1-5H3;1H. The molecule has 0 heterocycles. The molecule has 4 nitrogen and oxygen atoms in total. The quantitative estimate of drug-likeness (QED) is 0.315. The van der Waals surface area contributed by atoms with Gasteiger partial charge in [0.2, 0.25) is 0 Å². The van der Waals surface area contributed by atoms with Gasteiger partial charge in [-0.3, -0.25) is 0 Å². The molecule has 128 valence electrons. The van der Waals surface area contributed by atoms with Gasteiger partial charge in [0.1, 0.15) is 26.5 Å². The van der Waals surface area contributed by atoms with Crippen LogP contribution in [0.1, 0.15) is 13.8 Å². The van der Waals surface area contributed by atoms with Crippen molar-refractivity contribution < 1.29 is 36.3 Å². The summed E-state index contributed by atoms with van der Waals surface area (Å²) in [6, 6.07) is 5.37. The molecule has 1 aromatic rings. The number of halogens is 1. The number of aromatic hydroxyl groups is 1. The highest BCUT2D eigenvalue weighted by atomic mass is 79.9. The Labute approximate surface area is 147 Å². The molecule has 1 aromatic carbocycles. The van der Waals surface area contributed by atoms with Gasteiger partial charge in [0, 0.05) is 26.5 Å². The smallest absolute Gasteiger partial charge is 0.160 e. The second-order valence-electron chi connectivity index (χ2n) is 5.64. The van der Waals surface area contributed by atoms with Crippen LogP contribution in [0.4, 0.5) is 0 Å². The molecule has 0 spiro atoms. The van der Waals surface area contributed by atoms with Crippen molar-refractivity contribution >= 4 is 22.1 Å². The fourth-order valence-electron chi connectivity index (χ4n) is 2.00. The lowest BCUT2D eigenvalue weighted by molar-refractivity contribution is -0.0835. The Bertz CT molecular complexity index is 434. The topological polar surface area (TPSA) is 47.9 Å². The average Bonchev–Trinajstić information content (AvgIpc) is 2.39. The summed E-state index contributed by atoms with van der Waals surface area (Å²) >= 11 is 0. The Morgan fingerprint density at radius 3 is 2.23 bits per heavy atom. The summed E-state index contributed by atoms with van der Waals surface area (Å²) < 4.78 is 17.1. The summed E-state index contributed by atoms with van der Waals surface area (Å²) in [6.07, 6.45) is 0.669. The Hall–Kier alpha value is -0.133. The van der Waals surface area contributed by atoms with E-state index in [1.807, 2.05) is 26.0 Å². The van der Waals surface area contributed by atoms with Crippen molar-refractivity contribution in [3.05, 3.63) is 18.2 Å². The third-order valence-corrected chi connectivity index (χ3v) is 6.16. The Morgan fingerprint density at radius 2 is 1.73 bits per heavy atom. The van der Waals surface area contributed by atoms with E-state index in [0.717, 1.165) is 11.1 Å². The zero-order chi connectivity index (χ0) is 15.9. The van der Waals surface area contributed by atoms with Crippen LogP contribution in [0, 0.1) is 0 Å². The van der Waals surface area contributed by atoms with E-state index >= 15 is 0 Å². The molecule has 1 rings (SSSR count). The van der Waals surface area contributed by atoms with E-state index in [0.29, 0.717) is 25.2 Å². The summed E-state index contributed by atoms with van der Waals surface area (Å²) in [5.41, 5.74) is 0. The molecule has 0 atom stereocenters. The van der Waals surface area contributed by atoms with Gasteiger partial charge in [0.25, 0.3) is 0 Å². The van der Waals surface area contributed by atoms with Gasteiger partial charge in [0.05, 0.1) is 26.2 Å². The van der Waals surface area contributed by atoms with Crippen LogP contribution in [0.5, 0.6) is 11.5 Å². The third-order valence-electron chi connectivity index (χ3n) is 2.98. The average molecular weight is 411 g/mol. The van der Waals surface area contributed by atoms with Crippen LogP contribution < -0.4 is 27.0 Å². The lowest BCUT2D eigenvalue weighted by Crippen LogP contribution is -3.00. The van der Waals surface area contributed by atoms with Crippen LogP contribution in [0.2, 0.25) is 0 Å². The monoisotopic (exact) mass is 410 g/mol. The summed E-state index contributed by atoms with van der Waals surface area (Å²) in [6.45, 7) is 11.9. The van der Waals surface area contributed by atoms with Crippen molar-refractivity contribution in [3.8, 4) is 11.5 Å². The Kier molecular flexibility index (Phi) is 10.5. The summed E-state index contributed by atoms with van der Waals surface area (Å²) in [7, 11) is -1.88. The van der Waals surface area contributed by atoms with E-state index in [9.17, 15) is 5.11 Å². The highest BCUT2D eigenvalue weighted by Gasteiger charge is 2.27. The molecule has 0 bridgehead atoms. The van der Waals surface area contributed by atoms with E-state index in [1.54, 1.807) is 6.07 Å². The van der Waals surface area contributed by atoms with Crippen LogP contribution >= 0.6 is 7.26 Å². The second-order valence-corrected chi connectivity index (χ2v) is 11.8. The number of phenols is 1. The van der Waals surface area contributed by atoms with E-state index in [1.165, 1.54) is 0 Å². The maximum atomic E-state index is 9.69. The first kappa shape index (κ1) is 21.9. The number of ether oxygens (including phenoxy) is 3. The predicted molar refractivity (Wildman–Crippen MR) is 93.5 cm³/mol. The fraction of sp³-hybridized carbons (Fsp3) is 0.600. The number of phenolic OH excluding ortho intramolecular Hbond substituents is 1. The first-order valence-electron chi connectivity index (χ1n) is 7.39. The van der Waals surface area contributed by atoms with Crippen LogP contribution in [0.15, 0.2) is 18.2 Å². The second kappa shape index (κ2) is 10.6. The molecule has 0 radical (unpaired) electrons. The van der Waals surface area contributed by atoms with Crippen molar-refractivity contribution in [1.82, 2.24) is 0 Å². The van der Waals surface area contributed by atoms with Gasteiger partial charge >= 0.3 is 0 Å². The number of benzene rings is 1. The van der Waals surface area contributed by atoms with Gasteiger partial charge in [-0.15, -0.1) is 0 Å². The Balaban J connectivity index is 0.00000441. The molecule has 7 heteroatoms. The molecule has 0 amide bonds. The van der Waals surface area contributed by atoms with E-state index in [2.05, 4.69) is 20.0 Å². The van der Waals surface area contributed by atoms with Gasteiger partial charge in [-0.05, 0) is 26.0 Å². The maximum Gasteiger partial charge on any atom is 0.160 e. The number of hydrogen-bond donors (Lipinski definition) is 1. The highest BCUT2D eigenvalue weighted by molar-refractivity contribution is 7.81. The van der Waals surface area contributed by atoms with Gasteiger partial charge in [-0.2, -0.15) is 0 Å². The minimum Gasteiger partial charge on any atom is -1.00 e. The predicted octanol–water partition coefficient (Wildman–Crippen LogP) is -1.21. The molecule has 0 aliphatic heterocycles.